The Labute approximate surface area is 270 Å². The van der Waals surface area contributed by atoms with E-state index in [1.54, 1.807) is 12.1 Å². The van der Waals surface area contributed by atoms with E-state index in [4.69, 9.17) is 19.4 Å². The first kappa shape index (κ1) is 27.6. The maximum absolute atomic E-state index is 9.57. The van der Waals surface area contributed by atoms with Crippen molar-refractivity contribution in [2.75, 3.05) is 0 Å². The Bertz CT molecular complexity index is 2540. The molecule has 0 bridgehead atoms. The zero-order chi connectivity index (χ0) is 31.7. The van der Waals surface area contributed by atoms with Crippen LogP contribution in [0.1, 0.15) is 11.1 Å². The molecule has 0 fully saturated rings. The molecule has 0 atom stereocenters. The molecule has 0 saturated carbocycles. The number of aromatic nitrogens is 3. The van der Waals surface area contributed by atoms with Crippen LogP contribution in [-0.4, -0.2) is 15.0 Å². The highest BCUT2D eigenvalue weighted by Crippen LogP contribution is 2.38. The minimum atomic E-state index is 0.334. The molecule has 0 aliphatic rings. The van der Waals surface area contributed by atoms with Crippen molar-refractivity contribution in [3.63, 3.8) is 0 Å². The quantitative estimate of drug-likeness (QED) is 0.195. The summed E-state index contributed by atoms with van der Waals surface area (Å²) < 4.78 is 6.39. The molecular weight excluding hydrogens is 578 g/mol. The summed E-state index contributed by atoms with van der Waals surface area (Å²) in [5.41, 5.74) is 8.68. The summed E-state index contributed by atoms with van der Waals surface area (Å²) in [5, 5.41) is 21.0. The minimum absolute atomic E-state index is 0.334. The van der Waals surface area contributed by atoms with Gasteiger partial charge in [0, 0.05) is 27.5 Å². The largest absolute Gasteiger partial charge is 0.456 e. The van der Waals surface area contributed by atoms with Crippen LogP contribution in [-0.2, 0) is 0 Å². The number of nitriles is 2. The number of furan rings is 1. The first-order valence-electron chi connectivity index (χ1n) is 15.1. The topological polar surface area (TPSA) is 99.4 Å². The molecule has 0 saturated heterocycles. The van der Waals surface area contributed by atoms with E-state index in [1.807, 2.05) is 103 Å². The van der Waals surface area contributed by atoms with Crippen LogP contribution in [0.4, 0.5) is 0 Å². The molecule has 0 aliphatic carbocycles. The van der Waals surface area contributed by atoms with E-state index in [0.29, 0.717) is 28.6 Å². The van der Waals surface area contributed by atoms with E-state index in [0.717, 1.165) is 60.9 Å². The van der Waals surface area contributed by atoms with Gasteiger partial charge in [0.2, 0.25) is 0 Å². The van der Waals surface area contributed by atoms with Gasteiger partial charge in [0.1, 0.15) is 23.3 Å². The minimum Gasteiger partial charge on any atom is -0.456 e. The Morgan fingerprint density at radius 1 is 0.426 bits per heavy atom. The second-order valence-electron chi connectivity index (χ2n) is 11.1. The number of fused-ring (bicyclic) bond motifs is 3. The van der Waals surface area contributed by atoms with Gasteiger partial charge in [-0.05, 0) is 58.7 Å². The van der Waals surface area contributed by atoms with Crippen LogP contribution in [0, 0.1) is 22.7 Å². The lowest BCUT2D eigenvalue weighted by Crippen LogP contribution is -2.00. The molecule has 8 aromatic rings. The number of benzene rings is 6. The van der Waals surface area contributed by atoms with Gasteiger partial charge in [0.05, 0.1) is 11.1 Å². The van der Waals surface area contributed by atoms with E-state index >= 15 is 0 Å². The highest BCUT2D eigenvalue weighted by Gasteiger charge is 2.17. The molecule has 6 aromatic carbocycles. The van der Waals surface area contributed by atoms with Gasteiger partial charge in [-0.3, -0.25) is 0 Å². The van der Waals surface area contributed by atoms with Gasteiger partial charge in [-0.1, -0.05) is 103 Å². The molecule has 0 aliphatic heterocycles. The van der Waals surface area contributed by atoms with Crippen LogP contribution in [0.5, 0.6) is 0 Å². The van der Waals surface area contributed by atoms with Crippen LogP contribution < -0.4 is 0 Å². The first-order chi connectivity index (χ1) is 23.2. The van der Waals surface area contributed by atoms with Crippen LogP contribution in [0.2, 0.25) is 0 Å². The molecular formula is C41H23N5O. The van der Waals surface area contributed by atoms with Crippen molar-refractivity contribution < 1.29 is 4.42 Å². The Hall–Kier alpha value is -6.89. The predicted octanol–water partition coefficient (Wildman–Crippen LogP) is 9.85. The van der Waals surface area contributed by atoms with Crippen LogP contribution in [0.3, 0.4) is 0 Å². The summed E-state index contributed by atoms with van der Waals surface area (Å²) >= 11 is 0. The Morgan fingerprint density at radius 2 is 1.00 bits per heavy atom. The lowest BCUT2D eigenvalue weighted by atomic mass is 9.98. The smallest absolute Gasteiger partial charge is 0.164 e. The molecule has 2 aromatic heterocycles. The zero-order valence-corrected chi connectivity index (χ0v) is 24.9. The molecule has 0 spiro atoms. The molecule has 0 N–H and O–H groups in total. The average molecular weight is 602 g/mol. The number of hydrogen-bond donors (Lipinski definition) is 0. The van der Waals surface area contributed by atoms with Gasteiger partial charge >= 0.3 is 0 Å². The molecule has 8 rings (SSSR count). The highest BCUT2D eigenvalue weighted by molar-refractivity contribution is 6.13. The van der Waals surface area contributed by atoms with Crippen molar-refractivity contribution in [3.8, 4) is 68.6 Å². The van der Waals surface area contributed by atoms with E-state index in [2.05, 4.69) is 36.4 Å². The molecule has 0 radical (unpaired) electrons. The Kier molecular flexibility index (Phi) is 6.80. The summed E-state index contributed by atoms with van der Waals surface area (Å²) in [5.74, 6) is 1.59. The third kappa shape index (κ3) is 5.07. The van der Waals surface area contributed by atoms with Crippen LogP contribution in [0.25, 0.3) is 78.4 Å². The lowest BCUT2D eigenvalue weighted by Gasteiger charge is -2.10. The van der Waals surface area contributed by atoms with E-state index in [9.17, 15) is 10.5 Å². The standard InChI is InChI=1S/C41H23N5O/c42-24-32-18-17-29(22-33(32)25-43)28-13-7-14-30(21-28)40-44-39(27-11-5-2-6-12-27)45-41(46-40)31-19-20-35-37(23-31)47-36-16-8-15-34(38(35)36)26-9-3-1-4-10-26/h1-23H. The number of nitrogens with zero attached hydrogens (tertiary/aromatic N) is 5. The van der Waals surface area contributed by atoms with Crippen molar-refractivity contribution in [1.29, 1.82) is 10.5 Å². The van der Waals surface area contributed by atoms with Gasteiger partial charge < -0.3 is 4.42 Å². The van der Waals surface area contributed by atoms with Crippen molar-refractivity contribution in [2.24, 2.45) is 0 Å². The number of rotatable bonds is 5. The molecule has 2 heterocycles. The van der Waals surface area contributed by atoms with Gasteiger partial charge in [-0.25, -0.2) is 15.0 Å². The Morgan fingerprint density at radius 3 is 1.72 bits per heavy atom. The van der Waals surface area contributed by atoms with Gasteiger partial charge in [0.15, 0.2) is 17.5 Å². The molecule has 6 heteroatoms. The maximum atomic E-state index is 9.57. The highest BCUT2D eigenvalue weighted by atomic mass is 16.3. The summed E-state index contributed by atoms with van der Waals surface area (Å²) in [6.45, 7) is 0. The van der Waals surface area contributed by atoms with Crippen LogP contribution >= 0.6 is 0 Å². The van der Waals surface area contributed by atoms with E-state index < -0.39 is 0 Å². The van der Waals surface area contributed by atoms with Crippen molar-refractivity contribution in [1.82, 2.24) is 15.0 Å². The summed E-state index contributed by atoms with van der Waals surface area (Å²) in [6, 6.07) is 49.7. The lowest BCUT2D eigenvalue weighted by molar-refractivity contribution is 0.669. The molecule has 0 amide bonds. The van der Waals surface area contributed by atoms with Gasteiger partial charge in [-0.2, -0.15) is 10.5 Å². The second-order valence-corrected chi connectivity index (χ2v) is 11.1. The second kappa shape index (κ2) is 11.6. The van der Waals surface area contributed by atoms with Crippen molar-refractivity contribution in [3.05, 3.63) is 151 Å². The summed E-state index contributed by atoms with van der Waals surface area (Å²) in [7, 11) is 0. The van der Waals surface area contributed by atoms with Crippen molar-refractivity contribution >= 4 is 21.9 Å². The zero-order valence-electron chi connectivity index (χ0n) is 24.9. The fourth-order valence-electron chi connectivity index (χ4n) is 5.93. The SMILES string of the molecule is N#Cc1ccc(-c2cccc(-c3nc(-c4ccccc4)nc(-c4ccc5c(c4)oc4cccc(-c6ccccc6)c45)n3)c2)cc1C#N. The molecule has 218 valence electrons. The normalized spacial score (nSPS) is 10.9. The van der Waals surface area contributed by atoms with Crippen molar-refractivity contribution in [2.45, 2.75) is 0 Å². The van der Waals surface area contributed by atoms with Crippen LogP contribution in [0.15, 0.2) is 144 Å². The fraction of sp³-hybridized carbons (Fsp3) is 0. The third-order valence-corrected chi connectivity index (χ3v) is 8.22. The molecule has 6 nitrogen and oxygen atoms in total. The summed E-state index contributed by atoms with van der Waals surface area (Å²) in [4.78, 5) is 14.8. The average Bonchev–Trinajstić information content (AvgIpc) is 3.53. The fourth-order valence-corrected chi connectivity index (χ4v) is 5.93. The monoisotopic (exact) mass is 601 g/mol. The molecule has 0 unspecified atom stereocenters. The predicted molar refractivity (Wildman–Crippen MR) is 184 cm³/mol. The van der Waals surface area contributed by atoms with E-state index in [-0.39, 0.29) is 0 Å². The Balaban J connectivity index is 1.27. The number of hydrogen-bond acceptors (Lipinski definition) is 6. The van der Waals surface area contributed by atoms with Gasteiger partial charge in [0.25, 0.3) is 0 Å². The first-order valence-corrected chi connectivity index (χ1v) is 15.1. The third-order valence-electron chi connectivity index (χ3n) is 8.22. The maximum Gasteiger partial charge on any atom is 0.164 e. The summed E-state index contributed by atoms with van der Waals surface area (Å²) in [6.07, 6.45) is 0. The van der Waals surface area contributed by atoms with E-state index in [1.165, 1.54) is 0 Å². The van der Waals surface area contributed by atoms with Gasteiger partial charge in [-0.15, -0.1) is 0 Å². The molecule has 47 heavy (non-hydrogen) atoms.